The summed E-state index contributed by atoms with van der Waals surface area (Å²) in [4.78, 5) is 22.2. The van der Waals surface area contributed by atoms with Crippen molar-refractivity contribution in [3.8, 4) is 22.8 Å². The SMILES string of the molecule is CCc1sc(NC(=O)c2ccncc2)nc1-c1ccc(OCCCCCOc2ccc(/C(N)=N/O)cc2)cc1. The van der Waals surface area contributed by atoms with E-state index in [0.29, 0.717) is 29.5 Å². The maximum atomic E-state index is 12.5. The Morgan fingerprint density at radius 2 is 1.54 bits per heavy atom. The molecule has 0 aliphatic heterocycles. The van der Waals surface area contributed by atoms with Crippen LogP contribution in [0.3, 0.4) is 0 Å². The number of carbonyl (C=O) groups excluding carboxylic acids is 1. The number of anilines is 1. The first-order valence-electron chi connectivity index (χ1n) is 12.7. The van der Waals surface area contributed by atoms with Gasteiger partial charge in [0.15, 0.2) is 11.0 Å². The van der Waals surface area contributed by atoms with Gasteiger partial charge in [0.05, 0.1) is 18.9 Å². The predicted molar refractivity (Wildman–Crippen MR) is 153 cm³/mol. The van der Waals surface area contributed by atoms with Gasteiger partial charge < -0.3 is 20.4 Å². The Hall–Kier alpha value is -4.44. The number of nitrogens with two attached hydrogens (primary N) is 1. The first-order valence-corrected chi connectivity index (χ1v) is 13.5. The van der Waals surface area contributed by atoms with Crippen LogP contribution >= 0.6 is 11.3 Å². The molecule has 0 saturated heterocycles. The van der Waals surface area contributed by atoms with Gasteiger partial charge in [-0.2, -0.15) is 0 Å². The second-order valence-corrected chi connectivity index (χ2v) is 9.71. The van der Waals surface area contributed by atoms with Gasteiger partial charge in [0.25, 0.3) is 5.91 Å². The summed E-state index contributed by atoms with van der Waals surface area (Å²) in [5, 5.41) is 15.2. The minimum Gasteiger partial charge on any atom is -0.494 e. The van der Waals surface area contributed by atoms with E-state index in [1.807, 2.05) is 24.3 Å². The molecule has 10 heteroatoms. The van der Waals surface area contributed by atoms with E-state index in [2.05, 4.69) is 27.4 Å². The number of amidine groups is 1. The van der Waals surface area contributed by atoms with E-state index in [-0.39, 0.29) is 11.7 Å². The molecule has 1 amide bonds. The molecule has 0 radical (unpaired) electrons. The summed E-state index contributed by atoms with van der Waals surface area (Å²) >= 11 is 1.49. The van der Waals surface area contributed by atoms with Crippen LogP contribution in [0.5, 0.6) is 11.5 Å². The van der Waals surface area contributed by atoms with Crippen LogP contribution in [0.1, 0.15) is 47.0 Å². The third kappa shape index (κ3) is 7.78. The fourth-order valence-electron chi connectivity index (χ4n) is 3.79. The van der Waals surface area contributed by atoms with E-state index >= 15 is 0 Å². The van der Waals surface area contributed by atoms with E-state index in [9.17, 15) is 4.79 Å². The number of amides is 1. The summed E-state index contributed by atoms with van der Waals surface area (Å²) in [5.41, 5.74) is 8.60. The van der Waals surface area contributed by atoms with E-state index < -0.39 is 0 Å². The lowest BCUT2D eigenvalue weighted by atomic mass is 10.1. The van der Waals surface area contributed by atoms with Crippen molar-refractivity contribution in [2.75, 3.05) is 18.5 Å². The van der Waals surface area contributed by atoms with Gasteiger partial charge >= 0.3 is 0 Å². The van der Waals surface area contributed by atoms with Crippen LogP contribution in [-0.4, -0.2) is 40.1 Å². The standard InChI is InChI=1S/C29H31N5O4S/c1-2-25-26(32-29(39-25)33-28(35)22-14-16-31-17-15-22)20-6-10-23(11-7-20)37-18-4-3-5-19-38-24-12-8-21(9-13-24)27(30)34-36/h6-17,36H,2-5,18-19H2,1H3,(H2,30,34)(H,32,33,35). The first kappa shape index (κ1) is 27.6. The number of aromatic nitrogens is 2. The zero-order chi connectivity index (χ0) is 27.5. The Morgan fingerprint density at radius 1 is 0.923 bits per heavy atom. The zero-order valence-corrected chi connectivity index (χ0v) is 22.5. The topological polar surface area (TPSA) is 132 Å². The Bertz CT molecular complexity index is 1370. The molecule has 2 aromatic heterocycles. The second-order valence-electron chi connectivity index (χ2n) is 8.63. The highest BCUT2D eigenvalue weighted by atomic mass is 32.1. The van der Waals surface area contributed by atoms with Gasteiger partial charge in [-0.05, 0) is 86.3 Å². The second kappa shape index (κ2) is 13.9. The summed E-state index contributed by atoms with van der Waals surface area (Å²) in [6.45, 7) is 3.31. The highest BCUT2D eigenvalue weighted by molar-refractivity contribution is 7.16. The third-order valence-corrected chi connectivity index (χ3v) is 7.01. The normalized spacial score (nSPS) is 11.3. The van der Waals surface area contributed by atoms with Crippen LogP contribution in [-0.2, 0) is 6.42 Å². The van der Waals surface area contributed by atoms with Crippen molar-refractivity contribution in [3.63, 3.8) is 0 Å². The smallest absolute Gasteiger partial charge is 0.257 e. The number of unbranched alkanes of at least 4 members (excludes halogenated alkanes) is 2. The number of hydrogen-bond donors (Lipinski definition) is 3. The average molecular weight is 546 g/mol. The molecule has 202 valence electrons. The van der Waals surface area contributed by atoms with Gasteiger partial charge in [0.1, 0.15) is 11.5 Å². The maximum Gasteiger partial charge on any atom is 0.257 e. The Labute approximate surface area is 231 Å². The van der Waals surface area contributed by atoms with Crippen molar-refractivity contribution >= 4 is 28.2 Å². The molecule has 4 aromatic rings. The highest BCUT2D eigenvalue weighted by Gasteiger charge is 2.15. The molecular weight excluding hydrogens is 514 g/mol. The number of hydrogen-bond acceptors (Lipinski definition) is 8. The lowest BCUT2D eigenvalue weighted by Gasteiger charge is -2.09. The van der Waals surface area contributed by atoms with Gasteiger partial charge in [-0.3, -0.25) is 15.1 Å². The van der Waals surface area contributed by atoms with Crippen LogP contribution in [0.15, 0.2) is 78.2 Å². The van der Waals surface area contributed by atoms with Crippen molar-refractivity contribution in [1.29, 1.82) is 0 Å². The minimum atomic E-state index is -0.204. The molecule has 4 N–H and O–H groups in total. The van der Waals surface area contributed by atoms with Crippen molar-refractivity contribution < 1.29 is 19.5 Å². The van der Waals surface area contributed by atoms with E-state index in [1.165, 1.54) is 11.3 Å². The Kier molecular flexibility index (Phi) is 9.85. The maximum absolute atomic E-state index is 12.5. The van der Waals surface area contributed by atoms with Gasteiger partial charge in [0, 0.05) is 34.0 Å². The Morgan fingerprint density at radius 3 is 2.13 bits per heavy atom. The lowest BCUT2D eigenvalue weighted by Crippen LogP contribution is -2.12. The van der Waals surface area contributed by atoms with Crippen molar-refractivity contribution in [1.82, 2.24) is 9.97 Å². The van der Waals surface area contributed by atoms with Gasteiger partial charge in [-0.15, -0.1) is 11.3 Å². The number of aryl methyl sites for hydroxylation is 1. The summed E-state index contributed by atoms with van der Waals surface area (Å²) in [7, 11) is 0. The number of rotatable bonds is 13. The molecule has 0 aliphatic carbocycles. The van der Waals surface area contributed by atoms with Gasteiger partial charge in [-0.1, -0.05) is 12.1 Å². The molecule has 4 rings (SSSR count). The summed E-state index contributed by atoms with van der Waals surface area (Å²) < 4.78 is 11.7. The monoisotopic (exact) mass is 545 g/mol. The number of nitrogens with one attached hydrogen (secondary N) is 1. The molecular formula is C29H31N5O4S. The summed E-state index contributed by atoms with van der Waals surface area (Å²) in [5.74, 6) is 1.42. The highest BCUT2D eigenvalue weighted by Crippen LogP contribution is 2.32. The molecule has 39 heavy (non-hydrogen) atoms. The van der Waals surface area contributed by atoms with Crippen LogP contribution < -0.4 is 20.5 Å². The van der Waals surface area contributed by atoms with Crippen molar-refractivity contribution in [2.45, 2.75) is 32.6 Å². The molecule has 9 nitrogen and oxygen atoms in total. The van der Waals surface area contributed by atoms with Crippen LogP contribution in [0.4, 0.5) is 5.13 Å². The van der Waals surface area contributed by atoms with Gasteiger partial charge in [0.2, 0.25) is 0 Å². The molecule has 2 heterocycles. The number of carbonyl (C=O) groups is 1. The van der Waals surface area contributed by atoms with Crippen molar-refractivity contribution in [3.05, 3.63) is 89.1 Å². The van der Waals surface area contributed by atoms with E-state index in [4.69, 9.17) is 20.4 Å². The van der Waals surface area contributed by atoms with E-state index in [0.717, 1.165) is 53.3 Å². The third-order valence-electron chi connectivity index (χ3n) is 5.89. The van der Waals surface area contributed by atoms with Gasteiger partial charge in [-0.25, -0.2) is 4.98 Å². The molecule has 0 atom stereocenters. The summed E-state index contributed by atoms with van der Waals surface area (Å²) in [6.07, 6.45) is 6.81. The summed E-state index contributed by atoms with van der Waals surface area (Å²) in [6, 6.07) is 18.3. The number of nitrogens with zero attached hydrogens (tertiary/aromatic N) is 3. The lowest BCUT2D eigenvalue weighted by molar-refractivity contribution is 0.102. The Balaban J connectivity index is 1.20. The molecule has 2 aromatic carbocycles. The predicted octanol–water partition coefficient (Wildman–Crippen LogP) is 5.74. The van der Waals surface area contributed by atoms with E-state index in [1.54, 1.807) is 48.8 Å². The fraction of sp³-hybridized carbons (Fsp3) is 0.241. The molecule has 0 aliphatic rings. The average Bonchev–Trinajstić information content (AvgIpc) is 3.40. The number of ether oxygens (including phenoxy) is 2. The molecule has 0 fully saturated rings. The molecule has 0 bridgehead atoms. The van der Waals surface area contributed by atoms with Crippen molar-refractivity contribution in [2.24, 2.45) is 10.9 Å². The number of pyridine rings is 1. The first-order chi connectivity index (χ1) is 19.1. The van der Waals surface area contributed by atoms with Crippen LogP contribution in [0.25, 0.3) is 11.3 Å². The van der Waals surface area contributed by atoms with Crippen LogP contribution in [0, 0.1) is 0 Å². The zero-order valence-electron chi connectivity index (χ0n) is 21.7. The fourth-order valence-corrected chi connectivity index (χ4v) is 4.71. The molecule has 0 saturated carbocycles. The largest absolute Gasteiger partial charge is 0.494 e. The quantitative estimate of drug-likeness (QED) is 0.0641. The number of thiazole rings is 1. The molecule has 0 unspecified atom stereocenters. The van der Waals surface area contributed by atoms with Crippen LogP contribution in [0.2, 0.25) is 0 Å². The number of oxime groups is 1. The minimum absolute atomic E-state index is 0.0713. The molecule has 0 spiro atoms. The number of benzene rings is 2.